The number of carbonyl (C=O) groups excluding carboxylic acids is 1. The second-order valence-electron chi connectivity index (χ2n) is 8.48. The van der Waals surface area contributed by atoms with Crippen molar-refractivity contribution in [2.24, 2.45) is 11.7 Å². The van der Waals surface area contributed by atoms with E-state index in [4.69, 9.17) is 10.5 Å². The SMILES string of the molecule is NC1CCC(NC(=O)c2c[nH]c3c(-c4ccccc4OCC4CC4)ncnc23)CC1. The average Bonchev–Trinajstić information content (AvgIpc) is 3.50. The van der Waals surface area contributed by atoms with Crippen molar-refractivity contribution in [2.45, 2.75) is 50.6 Å². The molecule has 2 fully saturated rings. The number of amides is 1. The third-order valence-electron chi connectivity index (χ3n) is 6.13. The number of benzene rings is 1. The zero-order valence-corrected chi connectivity index (χ0v) is 16.9. The zero-order valence-electron chi connectivity index (χ0n) is 16.9. The molecule has 3 aromatic rings. The molecule has 156 valence electrons. The number of nitrogens with zero attached hydrogens (tertiary/aromatic N) is 2. The summed E-state index contributed by atoms with van der Waals surface area (Å²) in [6.45, 7) is 0.731. The molecule has 7 heteroatoms. The molecule has 0 unspecified atom stereocenters. The highest BCUT2D eigenvalue weighted by Gasteiger charge is 2.25. The van der Waals surface area contributed by atoms with Crippen molar-refractivity contribution in [1.82, 2.24) is 20.3 Å². The Kier molecular flexibility index (Phi) is 5.12. The van der Waals surface area contributed by atoms with Gasteiger partial charge in [-0.25, -0.2) is 9.97 Å². The van der Waals surface area contributed by atoms with Crippen LogP contribution in [-0.2, 0) is 0 Å². The fourth-order valence-corrected chi connectivity index (χ4v) is 4.12. The summed E-state index contributed by atoms with van der Waals surface area (Å²) in [4.78, 5) is 25.1. The van der Waals surface area contributed by atoms with E-state index in [1.54, 1.807) is 6.20 Å². The van der Waals surface area contributed by atoms with E-state index in [9.17, 15) is 4.79 Å². The fourth-order valence-electron chi connectivity index (χ4n) is 4.12. The van der Waals surface area contributed by atoms with Gasteiger partial charge >= 0.3 is 0 Å². The van der Waals surface area contributed by atoms with E-state index in [1.807, 2.05) is 24.3 Å². The molecule has 7 nitrogen and oxygen atoms in total. The van der Waals surface area contributed by atoms with E-state index >= 15 is 0 Å². The molecule has 30 heavy (non-hydrogen) atoms. The number of hydrogen-bond acceptors (Lipinski definition) is 5. The molecule has 0 aliphatic heterocycles. The van der Waals surface area contributed by atoms with Crippen LogP contribution < -0.4 is 15.8 Å². The number of aromatic amines is 1. The second-order valence-corrected chi connectivity index (χ2v) is 8.48. The molecule has 2 aliphatic rings. The maximum Gasteiger partial charge on any atom is 0.255 e. The van der Waals surface area contributed by atoms with Crippen LogP contribution >= 0.6 is 0 Å². The van der Waals surface area contributed by atoms with Gasteiger partial charge < -0.3 is 20.8 Å². The quantitative estimate of drug-likeness (QED) is 0.583. The highest BCUT2D eigenvalue weighted by molar-refractivity contribution is 6.07. The fraction of sp³-hybridized carbons (Fsp3) is 0.435. The lowest BCUT2D eigenvalue weighted by molar-refractivity contribution is 0.0927. The first-order valence-corrected chi connectivity index (χ1v) is 10.8. The number of ether oxygens (including phenoxy) is 1. The minimum Gasteiger partial charge on any atom is -0.493 e. The van der Waals surface area contributed by atoms with Crippen molar-refractivity contribution in [3.63, 3.8) is 0 Å². The summed E-state index contributed by atoms with van der Waals surface area (Å²) in [5.41, 5.74) is 9.54. The maximum atomic E-state index is 12.9. The number of H-pyrrole nitrogens is 1. The van der Waals surface area contributed by atoms with E-state index < -0.39 is 0 Å². The normalized spacial score (nSPS) is 21.5. The minimum absolute atomic E-state index is 0.107. The van der Waals surface area contributed by atoms with Crippen molar-refractivity contribution in [1.29, 1.82) is 0 Å². The summed E-state index contributed by atoms with van der Waals surface area (Å²) in [5, 5.41) is 3.14. The van der Waals surface area contributed by atoms with Gasteiger partial charge in [-0.05, 0) is 56.6 Å². The maximum absolute atomic E-state index is 12.9. The van der Waals surface area contributed by atoms with Gasteiger partial charge in [-0.1, -0.05) is 12.1 Å². The third-order valence-corrected chi connectivity index (χ3v) is 6.13. The summed E-state index contributed by atoms with van der Waals surface area (Å²) in [5.74, 6) is 1.37. The number of aromatic nitrogens is 3. The highest BCUT2D eigenvalue weighted by Crippen LogP contribution is 2.35. The number of hydrogen-bond donors (Lipinski definition) is 3. The van der Waals surface area contributed by atoms with E-state index in [0.717, 1.165) is 54.8 Å². The Labute approximate surface area is 175 Å². The van der Waals surface area contributed by atoms with Crippen LogP contribution in [-0.4, -0.2) is 39.5 Å². The molecule has 5 rings (SSSR count). The first kappa shape index (κ1) is 19.1. The Hall–Kier alpha value is -2.93. The molecule has 1 aromatic carbocycles. The Bertz CT molecular complexity index is 1050. The van der Waals surface area contributed by atoms with Crippen LogP contribution in [0, 0.1) is 5.92 Å². The van der Waals surface area contributed by atoms with Crippen molar-refractivity contribution in [2.75, 3.05) is 6.61 Å². The van der Waals surface area contributed by atoms with Crippen molar-refractivity contribution in [3.05, 3.63) is 42.4 Å². The smallest absolute Gasteiger partial charge is 0.255 e. The van der Waals surface area contributed by atoms with Crippen LogP contribution in [0.4, 0.5) is 0 Å². The van der Waals surface area contributed by atoms with E-state index in [-0.39, 0.29) is 18.0 Å². The van der Waals surface area contributed by atoms with Crippen molar-refractivity contribution >= 4 is 16.9 Å². The van der Waals surface area contributed by atoms with Crippen LogP contribution in [0.25, 0.3) is 22.3 Å². The molecule has 2 saturated carbocycles. The van der Waals surface area contributed by atoms with Gasteiger partial charge in [0.25, 0.3) is 5.91 Å². The lowest BCUT2D eigenvalue weighted by Gasteiger charge is -2.26. The summed E-state index contributed by atoms with van der Waals surface area (Å²) in [6, 6.07) is 8.32. The molecule has 0 bridgehead atoms. The molecule has 2 heterocycles. The van der Waals surface area contributed by atoms with Crippen LogP contribution in [0.15, 0.2) is 36.8 Å². The predicted octanol–water partition coefficient (Wildman–Crippen LogP) is 3.41. The Morgan fingerprint density at radius 3 is 2.73 bits per heavy atom. The number of rotatable bonds is 6. The standard InChI is InChI=1S/C23H27N5O2/c24-15-7-9-16(10-8-15)28-23(29)18-11-25-22-20(26-13-27-21(18)22)17-3-1-2-4-19(17)30-12-14-5-6-14/h1-4,11,13-16,25H,5-10,12,24H2,(H,28,29). The number of nitrogens with two attached hydrogens (primary N) is 1. The minimum atomic E-state index is -0.107. The molecule has 0 radical (unpaired) electrons. The lowest BCUT2D eigenvalue weighted by atomic mass is 9.91. The molecule has 2 aliphatic carbocycles. The van der Waals surface area contributed by atoms with Crippen LogP contribution in [0.2, 0.25) is 0 Å². The number of carbonyl (C=O) groups is 1. The van der Waals surface area contributed by atoms with Gasteiger partial charge in [0.05, 0.1) is 17.7 Å². The Balaban J connectivity index is 1.42. The van der Waals surface area contributed by atoms with Crippen LogP contribution in [0.1, 0.15) is 48.9 Å². The number of nitrogens with one attached hydrogen (secondary N) is 2. The van der Waals surface area contributed by atoms with Gasteiger partial charge in [0.1, 0.15) is 23.3 Å². The lowest BCUT2D eigenvalue weighted by Crippen LogP contribution is -2.40. The van der Waals surface area contributed by atoms with Crippen LogP contribution in [0.5, 0.6) is 5.75 Å². The molecule has 0 atom stereocenters. The first-order valence-electron chi connectivity index (χ1n) is 10.8. The highest BCUT2D eigenvalue weighted by atomic mass is 16.5. The topological polar surface area (TPSA) is 106 Å². The summed E-state index contributed by atoms with van der Waals surface area (Å²) < 4.78 is 6.06. The molecule has 0 saturated heterocycles. The zero-order chi connectivity index (χ0) is 20.5. The molecule has 1 amide bonds. The third kappa shape index (κ3) is 3.89. The summed E-state index contributed by atoms with van der Waals surface area (Å²) in [6.07, 6.45) is 9.44. The van der Waals surface area contributed by atoms with Gasteiger partial charge in [-0.15, -0.1) is 0 Å². The molecule has 2 aromatic heterocycles. The molecule has 0 spiro atoms. The van der Waals surface area contributed by atoms with Crippen molar-refractivity contribution < 1.29 is 9.53 Å². The average molecular weight is 406 g/mol. The molecular formula is C23H27N5O2. The van der Waals surface area contributed by atoms with Crippen molar-refractivity contribution in [3.8, 4) is 17.0 Å². The van der Waals surface area contributed by atoms with Gasteiger partial charge in [0, 0.05) is 23.8 Å². The van der Waals surface area contributed by atoms with Gasteiger partial charge in [0.2, 0.25) is 0 Å². The molecular weight excluding hydrogens is 378 g/mol. The number of para-hydroxylation sites is 1. The van der Waals surface area contributed by atoms with E-state index in [2.05, 4.69) is 20.3 Å². The first-order chi connectivity index (χ1) is 14.7. The van der Waals surface area contributed by atoms with E-state index in [0.29, 0.717) is 17.0 Å². The van der Waals surface area contributed by atoms with Gasteiger partial charge in [0.15, 0.2) is 0 Å². The van der Waals surface area contributed by atoms with Gasteiger partial charge in [-0.3, -0.25) is 4.79 Å². The second kappa shape index (κ2) is 8.07. The molecule has 4 N–H and O–H groups in total. The summed E-state index contributed by atoms with van der Waals surface area (Å²) in [7, 11) is 0. The Morgan fingerprint density at radius 1 is 1.13 bits per heavy atom. The van der Waals surface area contributed by atoms with Crippen LogP contribution in [0.3, 0.4) is 0 Å². The monoisotopic (exact) mass is 405 g/mol. The largest absolute Gasteiger partial charge is 0.493 e. The Morgan fingerprint density at radius 2 is 1.93 bits per heavy atom. The number of fused-ring (bicyclic) bond motifs is 1. The van der Waals surface area contributed by atoms with E-state index in [1.165, 1.54) is 19.2 Å². The van der Waals surface area contributed by atoms with Gasteiger partial charge in [-0.2, -0.15) is 0 Å². The summed E-state index contributed by atoms with van der Waals surface area (Å²) >= 11 is 0. The predicted molar refractivity (Wildman–Crippen MR) is 115 cm³/mol.